The molecule has 0 aliphatic carbocycles. The first kappa shape index (κ1) is 17.2. The van der Waals surface area contributed by atoms with Gasteiger partial charge in [-0.05, 0) is 36.5 Å². The molecule has 0 amide bonds. The van der Waals surface area contributed by atoms with Crippen molar-refractivity contribution >= 4 is 27.5 Å². The number of hydrogen-bond acceptors (Lipinski definition) is 4. The third-order valence-corrected chi connectivity index (χ3v) is 5.80. The summed E-state index contributed by atoms with van der Waals surface area (Å²) < 4.78 is 28.9. The highest BCUT2D eigenvalue weighted by atomic mass is 32.2. The molecule has 7 nitrogen and oxygen atoms in total. The minimum atomic E-state index is -3.64. The fraction of sp³-hybridized carbons (Fsp3) is 0.294. The van der Waals surface area contributed by atoms with Crippen LogP contribution in [0.5, 0.6) is 0 Å². The molecule has 2 aromatic rings. The Bertz CT molecular complexity index is 882. The van der Waals surface area contributed by atoms with Crippen LogP contribution in [0.25, 0.3) is 4.85 Å². The minimum absolute atomic E-state index is 0.219. The molecule has 1 saturated heterocycles. The molecule has 0 radical (unpaired) electrons. The van der Waals surface area contributed by atoms with Crippen LogP contribution in [0, 0.1) is 6.57 Å². The lowest BCUT2D eigenvalue weighted by Gasteiger charge is -2.31. The van der Waals surface area contributed by atoms with Gasteiger partial charge in [0.15, 0.2) is 5.69 Å². The fourth-order valence-electron chi connectivity index (χ4n) is 2.96. The SMILES string of the molecule is [C-]#[N+]c1ccc(C2CCN(S(=O)(=O)Nc3cccc(N)n3)CC2)cc1. The molecule has 0 unspecified atom stereocenters. The number of nitrogen functional groups attached to an aromatic ring is 1. The van der Waals surface area contributed by atoms with Crippen molar-refractivity contribution in [2.45, 2.75) is 18.8 Å². The standard InChI is InChI=1S/C17H19N5O2S/c1-19-15-7-5-13(6-8-15)14-9-11-22(12-10-14)25(23,24)21-17-4-2-3-16(18)20-17/h2-8,14H,9-12H2,(H3,18,20,21). The van der Waals surface area contributed by atoms with E-state index in [9.17, 15) is 8.42 Å². The van der Waals surface area contributed by atoms with Crippen molar-refractivity contribution in [3.8, 4) is 0 Å². The van der Waals surface area contributed by atoms with E-state index in [0.717, 1.165) is 18.4 Å². The molecule has 25 heavy (non-hydrogen) atoms. The van der Waals surface area contributed by atoms with Crippen LogP contribution in [0.4, 0.5) is 17.3 Å². The predicted octanol–water partition coefficient (Wildman–Crippen LogP) is 2.75. The summed E-state index contributed by atoms with van der Waals surface area (Å²) in [6.45, 7) is 7.87. The smallest absolute Gasteiger partial charge is 0.302 e. The number of aromatic nitrogens is 1. The maximum atomic E-state index is 12.5. The van der Waals surface area contributed by atoms with Crippen LogP contribution in [0.1, 0.15) is 24.3 Å². The van der Waals surface area contributed by atoms with E-state index < -0.39 is 10.2 Å². The Morgan fingerprint density at radius 2 is 1.84 bits per heavy atom. The van der Waals surface area contributed by atoms with Crippen LogP contribution >= 0.6 is 0 Å². The molecule has 2 heterocycles. The molecular weight excluding hydrogens is 338 g/mol. The monoisotopic (exact) mass is 357 g/mol. The summed E-state index contributed by atoms with van der Waals surface area (Å²) in [5.74, 6) is 0.787. The number of benzene rings is 1. The third-order valence-electron chi connectivity index (χ3n) is 4.29. The molecule has 0 saturated carbocycles. The van der Waals surface area contributed by atoms with Crippen molar-refractivity contribution in [2.24, 2.45) is 0 Å². The lowest BCUT2D eigenvalue weighted by Crippen LogP contribution is -2.41. The second-order valence-electron chi connectivity index (χ2n) is 5.93. The average molecular weight is 357 g/mol. The molecule has 8 heteroatoms. The van der Waals surface area contributed by atoms with Crippen LogP contribution < -0.4 is 10.5 Å². The zero-order valence-electron chi connectivity index (χ0n) is 13.6. The molecule has 3 rings (SSSR count). The Hall–Kier alpha value is -2.63. The van der Waals surface area contributed by atoms with E-state index in [1.54, 1.807) is 30.3 Å². The highest BCUT2D eigenvalue weighted by Crippen LogP contribution is 2.30. The third kappa shape index (κ3) is 4.07. The summed E-state index contributed by atoms with van der Waals surface area (Å²) in [6, 6.07) is 12.3. The Morgan fingerprint density at radius 1 is 1.16 bits per heavy atom. The van der Waals surface area contributed by atoms with Gasteiger partial charge in [-0.2, -0.15) is 12.7 Å². The number of anilines is 2. The number of rotatable bonds is 4. The molecule has 1 aliphatic rings. The van der Waals surface area contributed by atoms with Crippen molar-refractivity contribution in [1.29, 1.82) is 0 Å². The number of hydrogen-bond donors (Lipinski definition) is 2. The number of nitrogens with one attached hydrogen (secondary N) is 1. The summed E-state index contributed by atoms with van der Waals surface area (Å²) in [5.41, 5.74) is 7.34. The first-order valence-corrected chi connectivity index (χ1v) is 9.40. The van der Waals surface area contributed by atoms with E-state index in [4.69, 9.17) is 12.3 Å². The van der Waals surface area contributed by atoms with Crippen LogP contribution in [0.15, 0.2) is 42.5 Å². The van der Waals surface area contributed by atoms with E-state index in [-0.39, 0.29) is 11.6 Å². The van der Waals surface area contributed by atoms with Crippen molar-refractivity contribution in [2.75, 3.05) is 23.5 Å². The first-order chi connectivity index (χ1) is 12.0. The van der Waals surface area contributed by atoms with E-state index in [1.807, 2.05) is 12.1 Å². The quantitative estimate of drug-likeness (QED) is 0.823. The van der Waals surface area contributed by atoms with Crippen molar-refractivity contribution < 1.29 is 8.42 Å². The second-order valence-corrected chi connectivity index (χ2v) is 7.60. The Kier molecular flexibility index (Phi) is 4.88. The highest BCUT2D eigenvalue weighted by molar-refractivity contribution is 7.90. The van der Waals surface area contributed by atoms with Gasteiger partial charge in [0, 0.05) is 13.1 Å². The Morgan fingerprint density at radius 3 is 2.44 bits per heavy atom. The first-order valence-electron chi connectivity index (χ1n) is 7.96. The average Bonchev–Trinajstić information content (AvgIpc) is 2.61. The van der Waals surface area contributed by atoms with Gasteiger partial charge in [0.05, 0.1) is 6.57 Å². The van der Waals surface area contributed by atoms with Crippen LogP contribution in [-0.2, 0) is 10.2 Å². The fourth-order valence-corrected chi connectivity index (χ4v) is 4.15. The summed E-state index contributed by atoms with van der Waals surface area (Å²) in [4.78, 5) is 7.36. The van der Waals surface area contributed by atoms with Crippen LogP contribution in [0.3, 0.4) is 0 Å². The van der Waals surface area contributed by atoms with Gasteiger partial charge in [-0.3, -0.25) is 4.72 Å². The molecule has 0 atom stereocenters. The molecule has 0 spiro atoms. The molecule has 1 fully saturated rings. The number of nitrogens with two attached hydrogens (primary N) is 1. The lowest BCUT2D eigenvalue weighted by atomic mass is 9.90. The van der Waals surface area contributed by atoms with Gasteiger partial charge >= 0.3 is 10.2 Å². The maximum absolute atomic E-state index is 12.5. The van der Waals surface area contributed by atoms with Gasteiger partial charge < -0.3 is 5.73 Å². The van der Waals surface area contributed by atoms with Gasteiger partial charge in [0.1, 0.15) is 11.6 Å². The summed E-state index contributed by atoms with van der Waals surface area (Å²) >= 11 is 0. The van der Waals surface area contributed by atoms with E-state index in [1.165, 1.54) is 4.31 Å². The van der Waals surface area contributed by atoms with E-state index in [2.05, 4.69) is 14.6 Å². The zero-order valence-corrected chi connectivity index (χ0v) is 14.4. The summed E-state index contributed by atoms with van der Waals surface area (Å²) in [6.07, 6.45) is 1.48. The van der Waals surface area contributed by atoms with Crippen molar-refractivity contribution in [1.82, 2.24) is 9.29 Å². The molecule has 0 bridgehead atoms. The summed E-state index contributed by atoms with van der Waals surface area (Å²) in [5, 5.41) is 0. The van der Waals surface area contributed by atoms with Gasteiger partial charge in [-0.25, -0.2) is 9.83 Å². The Labute approximate surface area is 147 Å². The van der Waals surface area contributed by atoms with Crippen molar-refractivity contribution in [3.63, 3.8) is 0 Å². The minimum Gasteiger partial charge on any atom is -0.384 e. The largest absolute Gasteiger partial charge is 0.384 e. The molecular formula is C17H19N5O2S. The Balaban J connectivity index is 1.63. The van der Waals surface area contributed by atoms with E-state index in [0.29, 0.717) is 24.7 Å². The molecule has 1 aromatic heterocycles. The normalized spacial score (nSPS) is 16.3. The van der Waals surface area contributed by atoms with Gasteiger partial charge in [0.2, 0.25) is 0 Å². The molecule has 1 aliphatic heterocycles. The number of piperidine rings is 1. The van der Waals surface area contributed by atoms with Gasteiger partial charge in [-0.1, -0.05) is 30.3 Å². The number of pyridine rings is 1. The summed E-state index contributed by atoms with van der Waals surface area (Å²) in [7, 11) is -3.64. The topological polar surface area (TPSA) is 92.7 Å². The highest BCUT2D eigenvalue weighted by Gasteiger charge is 2.28. The van der Waals surface area contributed by atoms with Gasteiger partial charge in [0.25, 0.3) is 0 Å². The maximum Gasteiger partial charge on any atom is 0.302 e. The van der Waals surface area contributed by atoms with Crippen LogP contribution in [-0.4, -0.2) is 30.8 Å². The molecule has 130 valence electrons. The molecule has 3 N–H and O–H groups in total. The van der Waals surface area contributed by atoms with Crippen molar-refractivity contribution in [3.05, 3.63) is 59.4 Å². The number of nitrogens with zero attached hydrogens (tertiary/aromatic N) is 3. The van der Waals surface area contributed by atoms with E-state index >= 15 is 0 Å². The zero-order chi connectivity index (χ0) is 17.9. The molecule has 1 aromatic carbocycles. The lowest BCUT2D eigenvalue weighted by molar-refractivity contribution is 0.321. The second kappa shape index (κ2) is 7.09. The van der Waals surface area contributed by atoms with Crippen LogP contribution in [0.2, 0.25) is 0 Å². The van der Waals surface area contributed by atoms with Gasteiger partial charge in [-0.15, -0.1) is 0 Å². The predicted molar refractivity (Wildman–Crippen MR) is 97.4 cm³/mol.